The first-order valence-electron chi connectivity index (χ1n) is 9.47. The molecule has 29 heavy (non-hydrogen) atoms. The summed E-state index contributed by atoms with van der Waals surface area (Å²) in [7, 11) is 0. The zero-order chi connectivity index (χ0) is 21.0. The highest BCUT2D eigenvalue weighted by molar-refractivity contribution is 5.80. The minimum absolute atomic E-state index is 0.251. The molecule has 2 amide bonds. The van der Waals surface area contributed by atoms with Crippen molar-refractivity contribution in [3.05, 3.63) is 52.6 Å². The van der Waals surface area contributed by atoms with Crippen LogP contribution in [0.25, 0.3) is 11.3 Å². The monoisotopic (exact) mass is 402 g/mol. The van der Waals surface area contributed by atoms with Crippen LogP contribution in [0.3, 0.4) is 0 Å². The quantitative estimate of drug-likeness (QED) is 0.780. The second-order valence-electron chi connectivity index (χ2n) is 6.70. The molecule has 1 aromatic heterocycles. The van der Waals surface area contributed by atoms with Crippen molar-refractivity contribution in [2.75, 3.05) is 32.8 Å². The van der Waals surface area contributed by atoms with Crippen LogP contribution in [0.1, 0.15) is 19.9 Å². The number of amides is 2. The maximum atomic E-state index is 13.1. The standard InChI is InChI=1S/C20H23FN4O4/c1-3-29-20(28)24-12-10-23(11-13-24)19(27)14(2)25-18(26)9-8-17(22-25)15-4-6-16(21)7-5-15/h4-9,14H,3,10-13H2,1-2H3. The molecular weight excluding hydrogens is 379 g/mol. The largest absolute Gasteiger partial charge is 0.450 e. The molecule has 2 heterocycles. The lowest BCUT2D eigenvalue weighted by molar-refractivity contribution is -0.136. The first-order valence-corrected chi connectivity index (χ1v) is 9.47. The van der Waals surface area contributed by atoms with Crippen molar-refractivity contribution in [2.45, 2.75) is 19.9 Å². The molecule has 0 saturated carbocycles. The summed E-state index contributed by atoms with van der Waals surface area (Å²) in [6.45, 7) is 5.11. The zero-order valence-corrected chi connectivity index (χ0v) is 16.4. The number of hydrogen-bond donors (Lipinski definition) is 0. The average molecular weight is 402 g/mol. The highest BCUT2D eigenvalue weighted by Crippen LogP contribution is 2.17. The molecule has 1 aliphatic heterocycles. The van der Waals surface area contributed by atoms with E-state index in [1.807, 2.05) is 0 Å². The summed E-state index contributed by atoms with van der Waals surface area (Å²) in [5.41, 5.74) is 0.709. The molecule has 1 unspecified atom stereocenters. The molecule has 1 aliphatic rings. The van der Waals surface area contributed by atoms with Crippen LogP contribution >= 0.6 is 0 Å². The van der Waals surface area contributed by atoms with Crippen LogP contribution in [-0.2, 0) is 9.53 Å². The number of piperazine rings is 1. The van der Waals surface area contributed by atoms with Gasteiger partial charge < -0.3 is 14.5 Å². The summed E-state index contributed by atoms with van der Waals surface area (Å²) >= 11 is 0. The Kier molecular flexibility index (Phi) is 6.26. The number of rotatable bonds is 4. The lowest BCUT2D eigenvalue weighted by Crippen LogP contribution is -2.52. The summed E-state index contributed by atoms with van der Waals surface area (Å²) in [5, 5.41) is 4.31. The van der Waals surface area contributed by atoms with Gasteiger partial charge in [0.1, 0.15) is 11.9 Å². The van der Waals surface area contributed by atoms with Gasteiger partial charge in [-0.15, -0.1) is 0 Å². The van der Waals surface area contributed by atoms with E-state index < -0.39 is 17.7 Å². The Morgan fingerprint density at radius 1 is 1.07 bits per heavy atom. The Balaban J connectivity index is 1.73. The minimum Gasteiger partial charge on any atom is -0.450 e. The van der Waals surface area contributed by atoms with Crippen LogP contribution in [-0.4, -0.2) is 64.4 Å². The van der Waals surface area contributed by atoms with Crippen LogP contribution in [0.2, 0.25) is 0 Å². The van der Waals surface area contributed by atoms with Gasteiger partial charge >= 0.3 is 6.09 Å². The van der Waals surface area contributed by atoms with Crippen molar-refractivity contribution in [3.8, 4) is 11.3 Å². The Morgan fingerprint density at radius 2 is 1.69 bits per heavy atom. The highest BCUT2D eigenvalue weighted by atomic mass is 19.1. The molecule has 0 spiro atoms. The molecule has 1 aromatic carbocycles. The number of ether oxygens (including phenoxy) is 1. The van der Waals surface area contributed by atoms with E-state index in [0.29, 0.717) is 44.0 Å². The fourth-order valence-corrected chi connectivity index (χ4v) is 3.17. The molecule has 0 N–H and O–H groups in total. The Labute approximate surface area is 167 Å². The van der Waals surface area contributed by atoms with E-state index in [1.54, 1.807) is 41.8 Å². The van der Waals surface area contributed by atoms with Crippen molar-refractivity contribution in [3.63, 3.8) is 0 Å². The van der Waals surface area contributed by atoms with E-state index in [0.717, 1.165) is 4.68 Å². The first kappa shape index (κ1) is 20.5. The van der Waals surface area contributed by atoms with Gasteiger partial charge in [-0.25, -0.2) is 13.9 Å². The summed E-state index contributed by atoms with van der Waals surface area (Å²) in [6.07, 6.45) is -0.391. The SMILES string of the molecule is CCOC(=O)N1CCN(C(=O)C(C)n2nc(-c3ccc(F)cc3)ccc2=O)CC1. The minimum atomic E-state index is -0.808. The number of hydrogen-bond acceptors (Lipinski definition) is 5. The summed E-state index contributed by atoms with van der Waals surface area (Å²) < 4.78 is 19.3. The number of aromatic nitrogens is 2. The molecule has 0 aliphatic carbocycles. The topological polar surface area (TPSA) is 84.7 Å². The summed E-state index contributed by atoms with van der Waals surface area (Å²) in [5.74, 6) is -0.619. The Hall–Kier alpha value is -3.23. The van der Waals surface area contributed by atoms with E-state index in [-0.39, 0.29) is 11.7 Å². The molecule has 0 bridgehead atoms. The van der Waals surface area contributed by atoms with Crippen molar-refractivity contribution >= 4 is 12.0 Å². The molecule has 8 nitrogen and oxygen atoms in total. The van der Waals surface area contributed by atoms with E-state index in [2.05, 4.69) is 5.10 Å². The van der Waals surface area contributed by atoms with Gasteiger partial charge in [-0.3, -0.25) is 9.59 Å². The predicted molar refractivity (Wildman–Crippen MR) is 104 cm³/mol. The van der Waals surface area contributed by atoms with Crippen LogP contribution in [0.4, 0.5) is 9.18 Å². The molecular formula is C20H23FN4O4. The van der Waals surface area contributed by atoms with Gasteiger partial charge in [-0.1, -0.05) is 0 Å². The van der Waals surface area contributed by atoms with Crippen molar-refractivity contribution < 1.29 is 18.7 Å². The number of nitrogens with zero attached hydrogens (tertiary/aromatic N) is 4. The lowest BCUT2D eigenvalue weighted by atomic mass is 10.1. The van der Waals surface area contributed by atoms with Crippen LogP contribution in [0.15, 0.2) is 41.2 Å². The normalized spacial score (nSPS) is 15.1. The van der Waals surface area contributed by atoms with E-state index in [1.165, 1.54) is 18.2 Å². The molecule has 0 radical (unpaired) electrons. The average Bonchev–Trinajstić information content (AvgIpc) is 2.74. The number of carbonyl (C=O) groups is 2. The third-order valence-electron chi connectivity index (χ3n) is 4.81. The third kappa shape index (κ3) is 4.61. The number of benzene rings is 1. The van der Waals surface area contributed by atoms with Gasteiger partial charge in [0.2, 0.25) is 5.91 Å². The molecule has 3 rings (SSSR count). The van der Waals surface area contributed by atoms with Crippen LogP contribution in [0, 0.1) is 5.82 Å². The Morgan fingerprint density at radius 3 is 2.31 bits per heavy atom. The van der Waals surface area contributed by atoms with Gasteiger partial charge in [0.05, 0.1) is 12.3 Å². The maximum absolute atomic E-state index is 13.1. The van der Waals surface area contributed by atoms with Gasteiger partial charge in [0, 0.05) is 37.8 Å². The third-order valence-corrected chi connectivity index (χ3v) is 4.81. The fraction of sp³-hybridized carbons (Fsp3) is 0.400. The van der Waals surface area contributed by atoms with E-state index >= 15 is 0 Å². The predicted octanol–water partition coefficient (Wildman–Crippen LogP) is 1.91. The van der Waals surface area contributed by atoms with Crippen LogP contribution in [0.5, 0.6) is 0 Å². The smallest absolute Gasteiger partial charge is 0.409 e. The van der Waals surface area contributed by atoms with E-state index in [4.69, 9.17) is 4.74 Å². The number of carbonyl (C=O) groups excluding carboxylic acids is 2. The zero-order valence-electron chi connectivity index (χ0n) is 16.4. The van der Waals surface area contributed by atoms with Gasteiger partial charge in [-0.05, 0) is 44.2 Å². The van der Waals surface area contributed by atoms with Gasteiger partial charge in [-0.2, -0.15) is 5.10 Å². The number of halogens is 1. The van der Waals surface area contributed by atoms with Crippen molar-refractivity contribution in [1.29, 1.82) is 0 Å². The molecule has 2 aromatic rings. The molecule has 154 valence electrons. The van der Waals surface area contributed by atoms with Gasteiger partial charge in [0.15, 0.2) is 0 Å². The highest BCUT2D eigenvalue weighted by Gasteiger charge is 2.29. The summed E-state index contributed by atoms with van der Waals surface area (Å²) in [4.78, 5) is 40.1. The van der Waals surface area contributed by atoms with Crippen molar-refractivity contribution in [2.24, 2.45) is 0 Å². The fourth-order valence-electron chi connectivity index (χ4n) is 3.17. The van der Waals surface area contributed by atoms with Crippen LogP contribution < -0.4 is 5.56 Å². The molecule has 9 heteroatoms. The lowest BCUT2D eigenvalue weighted by Gasteiger charge is -2.35. The maximum Gasteiger partial charge on any atom is 0.409 e. The van der Waals surface area contributed by atoms with E-state index in [9.17, 15) is 18.8 Å². The molecule has 1 atom stereocenters. The van der Waals surface area contributed by atoms with Crippen molar-refractivity contribution in [1.82, 2.24) is 19.6 Å². The second-order valence-corrected chi connectivity index (χ2v) is 6.70. The second kappa shape index (κ2) is 8.85. The Bertz CT molecular complexity index is 936. The molecule has 1 saturated heterocycles. The van der Waals surface area contributed by atoms with Gasteiger partial charge in [0.25, 0.3) is 5.56 Å². The molecule has 1 fully saturated rings. The summed E-state index contributed by atoms with van der Waals surface area (Å²) in [6, 6.07) is 7.82. The first-order chi connectivity index (χ1) is 13.9.